The number of ether oxygens (including phenoxy) is 1. The summed E-state index contributed by atoms with van der Waals surface area (Å²) in [5, 5.41) is 19.4. The normalized spacial score (nSPS) is 10.5. The molecule has 1 rings (SSSR count). The molecule has 0 saturated carbocycles. The van der Waals surface area contributed by atoms with Crippen molar-refractivity contribution in [3.05, 3.63) is 5.82 Å². The number of carboxylic acid groups (broad SMARTS) is 1. The first-order valence-corrected chi connectivity index (χ1v) is 4.78. The molecule has 0 saturated heterocycles. The van der Waals surface area contributed by atoms with E-state index in [1.54, 1.807) is 4.68 Å². The molecular formula is C8H14N4O3. The highest BCUT2D eigenvalue weighted by molar-refractivity contribution is 5.67. The summed E-state index contributed by atoms with van der Waals surface area (Å²) in [6.45, 7) is 2.60. The van der Waals surface area contributed by atoms with Gasteiger partial charge in [-0.3, -0.25) is 0 Å². The number of nitrogens with zero attached hydrogens (tertiary/aromatic N) is 4. The van der Waals surface area contributed by atoms with E-state index in [0.717, 1.165) is 19.4 Å². The maximum absolute atomic E-state index is 10.2. The summed E-state index contributed by atoms with van der Waals surface area (Å²) in [5.74, 6) is -0.438. The molecule has 7 heteroatoms. The molecule has 0 aliphatic heterocycles. The Bertz CT molecular complexity index is 313. The van der Waals surface area contributed by atoms with Crippen molar-refractivity contribution < 1.29 is 14.6 Å². The molecular weight excluding hydrogens is 200 g/mol. The van der Waals surface area contributed by atoms with Gasteiger partial charge < -0.3 is 9.84 Å². The first kappa shape index (κ1) is 11.6. The number of rotatable bonds is 7. The summed E-state index contributed by atoms with van der Waals surface area (Å²) in [7, 11) is 0. The molecule has 0 spiro atoms. The van der Waals surface area contributed by atoms with Crippen LogP contribution in [0.5, 0.6) is 0 Å². The molecule has 0 fully saturated rings. The van der Waals surface area contributed by atoms with E-state index in [-0.39, 0.29) is 13.2 Å². The first-order valence-electron chi connectivity index (χ1n) is 4.78. The summed E-state index contributed by atoms with van der Waals surface area (Å²) < 4.78 is 6.53. The van der Waals surface area contributed by atoms with Gasteiger partial charge in [0.05, 0.1) is 0 Å². The van der Waals surface area contributed by atoms with E-state index in [2.05, 4.69) is 22.4 Å². The van der Waals surface area contributed by atoms with E-state index in [0.29, 0.717) is 5.82 Å². The fourth-order valence-electron chi connectivity index (χ4n) is 1.04. The van der Waals surface area contributed by atoms with Crippen molar-refractivity contribution in [3.8, 4) is 0 Å². The van der Waals surface area contributed by atoms with Gasteiger partial charge in [0, 0.05) is 6.54 Å². The Labute approximate surface area is 87.0 Å². The molecule has 1 heterocycles. The van der Waals surface area contributed by atoms with Crippen LogP contribution in [0.15, 0.2) is 0 Å². The van der Waals surface area contributed by atoms with Gasteiger partial charge in [0.1, 0.15) is 13.2 Å². The van der Waals surface area contributed by atoms with Crippen LogP contribution in [0.2, 0.25) is 0 Å². The minimum atomic E-state index is -0.998. The molecule has 0 aliphatic carbocycles. The third-order valence-electron chi connectivity index (χ3n) is 1.79. The Morgan fingerprint density at radius 1 is 1.60 bits per heavy atom. The van der Waals surface area contributed by atoms with Crippen LogP contribution in [-0.4, -0.2) is 37.9 Å². The topological polar surface area (TPSA) is 90.1 Å². The highest BCUT2D eigenvalue weighted by Gasteiger charge is 2.06. The number of aryl methyl sites for hydroxylation is 1. The van der Waals surface area contributed by atoms with Gasteiger partial charge in [-0.2, -0.15) is 0 Å². The number of hydrogen-bond donors (Lipinski definition) is 1. The minimum Gasteiger partial charge on any atom is -0.480 e. The van der Waals surface area contributed by atoms with Crippen LogP contribution in [0.25, 0.3) is 0 Å². The average molecular weight is 214 g/mol. The smallest absolute Gasteiger partial charge is 0.329 e. The lowest BCUT2D eigenvalue weighted by molar-refractivity contribution is -0.142. The molecule has 0 unspecified atom stereocenters. The third-order valence-corrected chi connectivity index (χ3v) is 1.79. The van der Waals surface area contributed by atoms with Crippen LogP contribution in [0, 0.1) is 0 Å². The van der Waals surface area contributed by atoms with E-state index in [1.165, 1.54) is 0 Å². The van der Waals surface area contributed by atoms with Gasteiger partial charge in [-0.25, -0.2) is 9.48 Å². The predicted octanol–water partition coefficient (Wildman–Crippen LogP) is 0.0744. The predicted molar refractivity (Wildman–Crippen MR) is 50.0 cm³/mol. The van der Waals surface area contributed by atoms with Crippen molar-refractivity contribution in [2.75, 3.05) is 6.61 Å². The molecule has 0 aromatic carbocycles. The van der Waals surface area contributed by atoms with Crippen molar-refractivity contribution >= 4 is 5.97 Å². The monoisotopic (exact) mass is 214 g/mol. The molecule has 0 amide bonds. The Morgan fingerprint density at radius 2 is 2.40 bits per heavy atom. The lowest BCUT2D eigenvalue weighted by Crippen LogP contribution is -2.11. The van der Waals surface area contributed by atoms with Crippen molar-refractivity contribution in [1.29, 1.82) is 0 Å². The van der Waals surface area contributed by atoms with Crippen molar-refractivity contribution in [2.24, 2.45) is 0 Å². The van der Waals surface area contributed by atoms with Crippen LogP contribution >= 0.6 is 0 Å². The second-order valence-corrected chi connectivity index (χ2v) is 3.06. The number of aliphatic carboxylic acids is 1. The molecule has 84 valence electrons. The Balaban J connectivity index is 2.39. The molecule has 1 aromatic rings. The van der Waals surface area contributed by atoms with Gasteiger partial charge in [0.2, 0.25) is 0 Å². The number of carbonyl (C=O) groups is 1. The highest BCUT2D eigenvalue weighted by atomic mass is 16.5. The van der Waals surface area contributed by atoms with Crippen LogP contribution in [0.1, 0.15) is 25.6 Å². The summed E-state index contributed by atoms with van der Waals surface area (Å²) in [6, 6.07) is 0. The summed E-state index contributed by atoms with van der Waals surface area (Å²) in [4.78, 5) is 10.2. The molecule has 0 atom stereocenters. The quantitative estimate of drug-likeness (QED) is 0.691. The second-order valence-electron chi connectivity index (χ2n) is 3.06. The van der Waals surface area contributed by atoms with Crippen LogP contribution in [0.4, 0.5) is 0 Å². The maximum Gasteiger partial charge on any atom is 0.329 e. The van der Waals surface area contributed by atoms with E-state index in [9.17, 15) is 4.79 Å². The lowest BCUT2D eigenvalue weighted by atomic mass is 10.3. The van der Waals surface area contributed by atoms with Gasteiger partial charge in [-0.1, -0.05) is 13.3 Å². The van der Waals surface area contributed by atoms with Crippen molar-refractivity contribution in [3.63, 3.8) is 0 Å². The first-order chi connectivity index (χ1) is 7.24. The van der Waals surface area contributed by atoms with Crippen molar-refractivity contribution in [2.45, 2.75) is 32.9 Å². The summed E-state index contributed by atoms with van der Waals surface area (Å²) in [6.07, 6.45) is 2.03. The molecule has 15 heavy (non-hydrogen) atoms. The zero-order valence-electron chi connectivity index (χ0n) is 8.59. The SMILES string of the molecule is CCCCn1nnnc1COCC(=O)O. The number of carboxylic acids is 1. The zero-order valence-corrected chi connectivity index (χ0v) is 8.59. The lowest BCUT2D eigenvalue weighted by Gasteiger charge is -2.02. The molecule has 0 radical (unpaired) electrons. The molecule has 0 bridgehead atoms. The largest absolute Gasteiger partial charge is 0.480 e. The second kappa shape index (κ2) is 6.07. The van der Waals surface area contributed by atoms with Gasteiger partial charge in [0.15, 0.2) is 5.82 Å². The average Bonchev–Trinajstić information content (AvgIpc) is 2.62. The zero-order chi connectivity index (χ0) is 11.1. The van der Waals surface area contributed by atoms with Crippen LogP contribution in [0.3, 0.4) is 0 Å². The molecule has 0 aliphatic rings. The highest BCUT2D eigenvalue weighted by Crippen LogP contribution is 1.98. The number of aromatic nitrogens is 4. The Kier molecular flexibility index (Phi) is 4.69. The number of tetrazole rings is 1. The maximum atomic E-state index is 10.2. The summed E-state index contributed by atoms with van der Waals surface area (Å²) >= 11 is 0. The fraction of sp³-hybridized carbons (Fsp3) is 0.750. The van der Waals surface area contributed by atoms with E-state index in [4.69, 9.17) is 9.84 Å². The standard InChI is InChI=1S/C8H14N4O3/c1-2-3-4-12-7(9-10-11-12)5-15-6-8(13)14/h2-6H2,1H3,(H,13,14). The molecule has 1 N–H and O–H groups in total. The van der Waals surface area contributed by atoms with Crippen LogP contribution < -0.4 is 0 Å². The van der Waals surface area contributed by atoms with Gasteiger partial charge in [-0.05, 0) is 16.8 Å². The molecule has 7 nitrogen and oxygen atoms in total. The van der Waals surface area contributed by atoms with E-state index in [1.807, 2.05) is 0 Å². The third kappa shape index (κ3) is 4.03. The van der Waals surface area contributed by atoms with E-state index < -0.39 is 5.97 Å². The van der Waals surface area contributed by atoms with Gasteiger partial charge in [0.25, 0.3) is 0 Å². The number of hydrogen-bond acceptors (Lipinski definition) is 5. The Hall–Kier alpha value is -1.50. The summed E-state index contributed by atoms with van der Waals surface area (Å²) in [5.41, 5.74) is 0. The Morgan fingerprint density at radius 3 is 3.07 bits per heavy atom. The van der Waals surface area contributed by atoms with Crippen LogP contribution in [-0.2, 0) is 22.7 Å². The van der Waals surface area contributed by atoms with E-state index >= 15 is 0 Å². The van der Waals surface area contributed by atoms with Gasteiger partial charge in [-0.15, -0.1) is 5.10 Å². The minimum absolute atomic E-state index is 0.128. The van der Waals surface area contributed by atoms with Crippen molar-refractivity contribution in [1.82, 2.24) is 20.2 Å². The molecule has 1 aromatic heterocycles. The van der Waals surface area contributed by atoms with Gasteiger partial charge >= 0.3 is 5.97 Å². The number of unbranched alkanes of at least 4 members (excludes halogenated alkanes) is 1. The fourth-order valence-corrected chi connectivity index (χ4v) is 1.04.